The van der Waals surface area contributed by atoms with Crippen molar-refractivity contribution in [1.29, 1.82) is 0 Å². The normalized spacial score (nSPS) is 18.0. The van der Waals surface area contributed by atoms with E-state index in [0.717, 1.165) is 11.3 Å². The molecule has 0 saturated carbocycles. The number of hydrogen-bond acceptors (Lipinski definition) is 6. The summed E-state index contributed by atoms with van der Waals surface area (Å²) in [6.07, 6.45) is 1.10. The van der Waals surface area contributed by atoms with Crippen molar-refractivity contribution in [3.8, 4) is 11.5 Å². The largest absolute Gasteiger partial charge is 0.493 e. The van der Waals surface area contributed by atoms with Crippen LogP contribution < -0.4 is 20.1 Å². The summed E-state index contributed by atoms with van der Waals surface area (Å²) in [5, 5.41) is 14.9. The molecule has 0 radical (unpaired) electrons. The number of hydrogen-bond donors (Lipinski definition) is 3. The Kier molecular flexibility index (Phi) is 8.46. The first-order valence-corrected chi connectivity index (χ1v) is 10.1. The van der Waals surface area contributed by atoms with Gasteiger partial charge in [0, 0.05) is 6.42 Å². The van der Waals surface area contributed by atoms with Crippen molar-refractivity contribution in [3.63, 3.8) is 0 Å². The molecule has 30 heavy (non-hydrogen) atoms. The highest BCUT2D eigenvalue weighted by atomic mass is 16.5. The molecule has 0 unspecified atom stereocenters. The van der Waals surface area contributed by atoms with Crippen LogP contribution in [0.5, 0.6) is 11.5 Å². The second kappa shape index (κ2) is 10.8. The number of rotatable bonds is 11. The number of benzene rings is 1. The molecule has 0 aromatic heterocycles. The molecule has 0 spiro atoms. The van der Waals surface area contributed by atoms with Gasteiger partial charge in [0.1, 0.15) is 6.04 Å². The standard InChI is InChI=1S/C21H31N3O6/c1-5-13(2)16(12-25)22-19(26)9-7-15-20(27)24(21(28)23-15)11-14-6-8-17(29-3)18(10-14)30-4/h6,8,10,13,15-16,25H,5,7,9,11-12H2,1-4H3,(H,22,26)(H,23,28)/t13-,15-,16+/m0/s1. The monoisotopic (exact) mass is 421 g/mol. The molecule has 1 aliphatic rings. The van der Waals surface area contributed by atoms with Crippen LogP contribution in [0.1, 0.15) is 38.7 Å². The Morgan fingerprint density at radius 3 is 2.57 bits per heavy atom. The third-order valence-corrected chi connectivity index (χ3v) is 5.43. The number of aliphatic hydroxyl groups excluding tert-OH is 1. The third kappa shape index (κ3) is 5.63. The van der Waals surface area contributed by atoms with E-state index >= 15 is 0 Å². The lowest BCUT2D eigenvalue weighted by molar-refractivity contribution is -0.128. The fourth-order valence-electron chi connectivity index (χ4n) is 3.29. The minimum absolute atomic E-state index is 0.0772. The van der Waals surface area contributed by atoms with Crippen LogP contribution >= 0.6 is 0 Å². The maximum absolute atomic E-state index is 12.7. The lowest BCUT2D eigenvalue weighted by Crippen LogP contribution is -2.42. The van der Waals surface area contributed by atoms with Gasteiger partial charge in [0.05, 0.1) is 33.4 Å². The Balaban J connectivity index is 1.94. The van der Waals surface area contributed by atoms with Gasteiger partial charge in [-0.15, -0.1) is 0 Å². The summed E-state index contributed by atoms with van der Waals surface area (Å²) in [5.74, 6) is 0.581. The predicted octanol–water partition coefficient (Wildman–Crippen LogP) is 1.43. The predicted molar refractivity (Wildman–Crippen MR) is 110 cm³/mol. The summed E-state index contributed by atoms with van der Waals surface area (Å²) in [4.78, 5) is 38.3. The smallest absolute Gasteiger partial charge is 0.325 e. The Morgan fingerprint density at radius 1 is 1.27 bits per heavy atom. The Hall–Kier alpha value is -2.81. The fraction of sp³-hybridized carbons (Fsp3) is 0.571. The van der Waals surface area contributed by atoms with E-state index < -0.39 is 12.1 Å². The van der Waals surface area contributed by atoms with Gasteiger partial charge in [0.15, 0.2) is 11.5 Å². The molecule has 1 saturated heterocycles. The molecule has 4 amide bonds. The first-order valence-electron chi connectivity index (χ1n) is 10.1. The van der Waals surface area contributed by atoms with Crippen LogP contribution in [0.3, 0.4) is 0 Å². The second-order valence-electron chi connectivity index (χ2n) is 7.40. The molecule has 1 aliphatic heterocycles. The molecule has 9 heteroatoms. The van der Waals surface area contributed by atoms with Crippen molar-refractivity contribution < 1.29 is 29.0 Å². The number of aliphatic hydroxyl groups is 1. The van der Waals surface area contributed by atoms with Gasteiger partial charge in [-0.25, -0.2) is 4.79 Å². The quantitative estimate of drug-likeness (QED) is 0.465. The lowest BCUT2D eigenvalue weighted by atomic mass is 9.99. The average Bonchev–Trinajstić information content (AvgIpc) is 3.02. The molecule has 1 aromatic carbocycles. The summed E-state index contributed by atoms with van der Waals surface area (Å²) in [5.41, 5.74) is 0.717. The number of nitrogens with one attached hydrogen (secondary N) is 2. The van der Waals surface area contributed by atoms with Gasteiger partial charge in [0.25, 0.3) is 5.91 Å². The highest BCUT2D eigenvalue weighted by Gasteiger charge is 2.38. The van der Waals surface area contributed by atoms with Crippen molar-refractivity contribution in [2.45, 2.75) is 51.7 Å². The highest BCUT2D eigenvalue weighted by Crippen LogP contribution is 2.28. The lowest BCUT2D eigenvalue weighted by Gasteiger charge is -2.22. The molecule has 1 heterocycles. The Labute approximate surface area is 176 Å². The van der Waals surface area contributed by atoms with Crippen molar-refractivity contribution >= 4 is 17.8 Å². The second-order valence-corrected chi connectivity index (χ2v) is 7.40. The molecule has 1 aromatic rings. The average molecular weight is 421 g/mol. The zero-order chi connectivity index (χ0) is 22.3. The summed E-state index contributed by atoms with van der Waals surface area (Å²) >= 11 is 0. The van der Waals surface area contributed by atoms with E-state index in [1.807, 2.05) is 13.8 Å². The number of imide groups is 1. The van der Waals surface area contributed by atoms with E-state index in [1.165, 1.54) is 14.2 Å². The van der Waals surface area contributed by atoms with Gasteiger partial charge in [0.2, 0.25) is 5.91 Å². The van der Waals surface area contributed by atoms with Gasteiger partial charge in [-0.05, 0) is 30.0 Å². The first kappa shape index (κ1) is 23.5. The number of urea groups is 1. The maximum atomic E-state index is 12.7. The van der Waals surface area contributed by atoms with Crippen LogP contribution in [0.15, 0.2) is 18.2 Å². The minimum Gasteiger partial charge on any atom is -0.493 e. The molecule has 3 N–H and O–H groups in total. The van der Waals surface area contributed by atoms with Crippen molar-refractivity contribution in [1.82, 2.24) is 15.5 Å². The summed E-state index contributed by atoms with van der Waals surface area (Å²) in [6.45, 7) is 3.89. The van der Waals surface area contributed by atoms with Crippen LogP contribution in [0.4, 0.5) is 4.79 Å². The topological polar surface area (TPSA) is 117 Å². The highest BCUT2D eigenvalue weighted by molar-refractivity contribution is 6.04. The number of carbonyl (C=O) groups excluding carboxylic acids is 3. The van der Waals surface area contributed by atoms with Gasteiger partial charge in [-0.1, -0.05) is 26.3 Å². The number of amides is 4. The summed E-state index contributed by atoms with van der Waals surface area (Å²) in [7, 11) is 3.04. The van der Waals surface area contributed by atoms with Gasteiger partial charge < -0.3 is 25.2 Å². The van der Waals surface area contributed by atoms with E-state index in [0.29, 0.717) is 17.1 Å². The van der Waals surface area contributed by atoms with Crippen molar-refractivity contribution in [2.24, 2.45) is 5.92 Å². The van der Waals surface area contributed by atoms with Crippen LogP contribution in [-0.2, 0) is 16.1 Å². The number of nitrogens with zero attached hydrogens (tertiary/aromatic N) is 1. The number of ether oxygens (including phenoxy) is 2. The Morgan fingerprint density at radius 2 is 1.97 bits per heavy atom. The van der Waals surface area contributed by atoms with E-state index in [9.17, 15) is 19.5 Å². The molecule has 1 fully saturated rings. The summed E-state index contributed by atoms with van der Waals surface area (Å²) in [6, 6.07) is 3.62. The molecule has 3 atom stereocenters. The van der Waals surface area contributed by atoms with Crippen LogP contribution in [0.2, 0.25) is 0 Å². The van der Waals surface area contributed by atoms with Crippen LogP contribution in [0.25, 0.3) is 0 Å². The molecule has 166 valence electrons. The van der Waals surface area contributed by atoms with Crippen molar-refractivity contribution in [2.75, 3.05) is 20.8 Å². The minimum atomic E-state index is -0.750. The fourth-order valence-corrected chi connectivity index (χ4v) is 3.29. The molecule has 9 nitrogen and oxygen atoms in total. The Bertz CT molecular complexity index is 769. The van der Waals surface area contributed by atoms with E-state index in [4.69, 9.17) is 9.47 Å². The van der Waals surface area contributed by atoms with Gasteiger partial charge in [-0.2, -0.15) is 0 Å². The third-order valence-electron chi connectivity index (χ3n) is 5.43. The molecular weight excluding hydrogens is 390 g/mol. The molecule has 0 bridgehead atoms. The summed E-state index contributed by atoms with van der Waals surface area (Å²) < 4.78 is 10.4. The molecule has 0 aliphatic carbocycles. The van der Waals surface area contributed by atoms with E-state index in [-0.39, 0.29) is 49.8 Å². The van der Waals surface area contributed by atoms with Gasteiger partial charge >= 0.3 is 6.03 Å². The maximum Gasteiger partial charge on any atom is 0.325 e. The van der Waals surface area contributed by atoms with E-state index in [2.05, 4.69) is 10.6 Å². The van der Waals surface area contributed by atoms with E-state index in [1.54, 1.807) is 18.2 Å². The number of carbonyl (C=O) groups is 3. The van der Waals surface area contributed by atoms with Crippen LogP contribution in [-0.4, -0.2) is 60.8 Å². The van der Waals surface area contributed by atoms with Crippen molar-refractivity contribution in [3.05, 3.63) is 23.8 Å². The SMILES string of the molecule is CC[C@H](C)[C@@H](CO)NC(=O)CC[C@@H]1NC(=O)N(Cc2ccc(OC)c(OC)c2)C1=O. The zero-order valence-corrected chi connectivity index (χ0v) is 17.9. The van der Waals surface area contributed by atoms with Crippen LogP contribution in [0, 0.1) is 5.92 Å². The molecular formula is C21H31N3O6. The zero-order valence-electron chi connectivity index (χ0n) is 17.9. The van der Waals surface area contributed by atoms with Gasteiger partial charge in [-0.3, -0.25) is 14.5 Å². The first-order chi connectivity index (χ1) is 14.3. The molecule has 2 rings (SSSR count). The number of methoxy groups -OCH3 is 2.